The number of nitrogens with zero attached hydrogens (tertiary/aromatic N) is 2. The van der Waals surface area contributed by atoms with Gasteiger partial charge in [-0.2, -0.15) is 5.26 Å². The molecular formula is C15H14N2O3S. The van der Waals surface area contributed by atoms with Crippen LogP contribution in [0.5, 0.6) is 17.2 Å². The van der Waals surface area contributed by atoms with Crippen molar-refractivity contribution in [3.8, 4) is 23.3 Å². The van der Waals surface area contributed by atoms with Crippen molar-refractivity contribution in [3.63, 3.8) is 0 Å². The molecule has 5 nitrogen and oxygen atoms in total. The standard InChI is InChI=1S/C15H14N2O3S/c1-9-8-21-15(17-9)11(7-16)4-10-5-12(19-2)14(18)13(6-10)20-3/h4-6,8,18H,1-3H3/b11-4-. The van der Waals surface area contributed by atoms with E-state index in [1.54, 1.807) is 18.2 Å². The predicted octanol–water partition coefficient (Wildman–Crippen LogP) is 3.24. The lowest BCUT2D eigenvalue weighted by Crippen LogP contribution is -1.90. The number of rotatable bonds is 4. The molecule has 0 unspecified atom stereocenters. The minimum Gasteiger partial charge on any atom is -0.502 e. The molecule has 0 amide bonds. The largest absolute Gasteiger partial charge is 0.502 e. The van der Waals surface area contributed by atoms with Crippen LogP contribution in [0.25, 0.3) is 11.6 Å². The van der Waals surface area contributed by atoms with Gasteiger partial charge in [0.05, 0.1) is 19.8 Å². The van der Waals surface area contributed by atoms with E-state index in [9.17, 15) is 10.4 Å². The fourth-order valence-electron chi connectivity index (χ4n) is 1.78. The van der Waals surface area contributed by atoms with E-state index in [-0.39, 0.29) is 17.2 Å². The number of allylic oxidation sites excluding steroid dienone is 1. The Labute approximate surface area is 126 Å². The molecule has 0 fully saturated rings. The van der Waals surface area contributed by atoms with Crippen LogP contribution in [0.3, 0.4) is 0 Å². The van der Waals surface area contributed by atoms with E-state index >= 15 is 0 Å². The summed E-state index contributed by atoms with van der Waals surface area (Å²) in [4.78, 5) is 4.30. The second kappa shape index (κ2) is 6.29. The van der Waals surface area contributed by atoms with Gasteiger partial charge in [-0.05, 0) is 30.7 Å². The minimum atomic E-state index is -0.0687. The SMILES string of the molecule is COc1cc(/C=C(/C#N)c2nc(C)cs2)cc(OC)c1O. The third kappa shape index (κ3) is 3.15. The van der Waals surface area contributed by atoms with Gasteiger partial charge < -0.3 is 14.6 Å². The topological polar surface area (TPSA) is 75.4 Å². The number of nitriles is 1. The van der Waals surface area contributed by atoms with Crippen LogP contribution in [0, 0.1) is 18.3 Å². The van der Waals surface area contributed by atoms with E-state index in [0.29, 0.717) is 16.1 Å². The van der Waals surface area contributed by atoms with Crippen molar-refractivity contribution in [1.82, 2.24) is 4.98 Å². The summed E-state index contributed by atoms with van der Waals surface area (Å²) in [7, 11) is 2.91. The molecule has 2 aromatic rings. The van der Waals surface area contributed by atoms with Crippen molar-refractivity contribution >= 4 is 23.0 Å². The number of hydrogen-bond donors (Lipinski definition) is 1. The molecule has 0 radical (unpaired) electrons. The second-order valence-electron chi connectivity index (χ2n) is 4.24. The number of methoxy groups -OCH3 is 2. The fourth-order valence-corrected chi connectivity index (χ4v) is 2.55. The molecule has 0 bridgehead atoms. The van der Waals surface area contributed by atoms with Gasteiger partial charge in [0, 0.05) is 11.1 Å². The van der Waals surface area contributed by atoms with Gasteiger partial charge in [-0.25, -0.2) is 4.98 Å². The maximum atomic E-state index is 9.88. The van der Waals surface area contributed by atoms with Gasteiger partial charge in [0.2, 0.25) is 5.75 Å². The van der Waals surface area contributed by atoms with E-state index in [1.807, 2.05) is 12.3 Å². The molecule has 0 aliphatic heterocycles. The highest BCUT2D eigenvalue weighted by molar-refractivity contribution is 7.11. The lowest BCUT2D eigenvalue weighted by molar-refractivity contribution is 0.340. The summed E-state index contributed by atoms with van der Waals surface area (Å²) in [5.41, 5.74) is 2.01. The molecule has 0 aliphatic carbocycles. The monoisotopic (exact) mass is 302 g/mol. The maximum absolute atomic E-state index is 9.88. The van der Waals surface area contributed by atoms with E-state index in [1.165, 1.54) is 25.6 Å². The third-order valence-electron chi connectivity index (χ3n) is 2.78. The number of aromatic nitrogens is 1. The van der Waals surface area contributed by atoms with Gasteiger partial charge in [0.1, 0.15) is 11.1 Å². The zero-order chi connectivity index (χ0) is 15.4. The van der Waals surface area contributed by atoms with Crippen LogP contribution < -0.4 is 9.47 Å². The molecule has 2 rings (SSSR count). The summed E-state index contributed by atoms with van der Waals surface area (Å²) >= 11 is 1.41. The lowest BCUT2D eigenvalue weighted by atomic mass is 10.1. The Hall–Kier alpha value is -2.52. The fraction of sp³-hybridized carbons (Fsp3) is 0.200. The summed E-state index contributed by atoms with van der Waals surface area (Å²) < 4.78 is 10.2. The van der Waals surface area contributed by atoms with Crippen molar-refractivity contribution in [2.24, 2.45) is 0 Å². The number of hydrogen-bond acceptors (Lipinski definition) is 6. The number of phenolic OH excluding ortho intramolecular Hbond substituents is 1. The first kappa shape index (κ1) is 14.9. The number of ether oxygens (including phenoxy) is 2. The van der Waals surface area contributed by atoms with Crippen molar-refractivity contribution < 1.29 is 14.6 Å². The molecule has 0 aliphatic rings. The van der Waals surface area contributed by atoms with Gasteiger partial charge >= 0.3 is 0 Å². The number of aryl methyl sites for hydroxylation is 1. The average molecular weight is 302 g/mol. The number of phenols is 1. The van der Waals surface area contributed by atoms with E-state index in [0.717, 1.165) is 5.69 Å². The van der Waals surface area contributed by atoms with Crippen molar-refractivity contribution in [1.29, 1.82) is 5.26 Å². The van der Waals surface area contributed by atoms with Crippen molar-refractivity contribution in [2.75, 3.05) is 14.2 Å². The van der Waals surface area contributed by atoms with Gasteiger partial charge in [-0.1, -0.05) is 0 Å². The molecule has 21 heavy (non-hydrogen) atoms. The van der Waals surface area contributed by atoms with Crippen molar-refractivity contribution in [3.05, 3.63) is 33.8 Å². The quantitative estimate of drug-likeness (QED) is 0.877. The van der Waals surface area contributed by atoms with Crippen LogP contribution in [0.2, 0.25) is 0 Å². The highest BCUT2D eigenvalue weighted by Crippen LogP contribution is 2.38. The van der Waals surface area contributed by atoms with Crippen LogP contribution >= 0.6 is 11.3 Å². The third-order valence-corrected chi connectivity index (χ3v) is 3.78. The Morgan fingerprint density at radius 2 is 1.95 bits per heavy atom. The number of aromatic hydroxyl groups is 1. The molecular weight excluding hydrogens is 288 g/mol. The summed E-state index contributed by atoms with van der Waals surface area (Å²) in [5.74, 6) is 0.502. The Kier molecular flexibility index (Phi) is 4.45. The average Bonchev–Trinajstić information content (AvgIpc) is 2.92. The molecule has 1 aromatic carbocycles. The highest BCUT2D eigenvalue weighted by atomic mass is 32.1. The second-order valence-corrected chi connectivity index (χ2v) is 5.10. The molecule has 6 heteroatoms. The Morgan fingerprint density at radius 3 is 2.38 bits per heavy atom. The number of thiazole rings is 1. The zero-order valence-corrected chi connectivity index (χ0v) is 12.7. The molecule has 0 saturated carbocycles. The minimum absolute atomic E-state index is 0.0687. The maximum Gasteiger partial charge on any atom is 0.200 e. The zero-order valence-electron chi connectivity index (χ0n) is 11.9. The smallest absolute Gasteiger partial charge is 0.200 e. The van der Waals surface area contributed by atoms with E-state index in [4.69, 9.17) is 9.47 Å². The highest BCUT2D eigenvalue weighted by Gasteiger charge is 2.12. The summed E-state index contributed by atoms with van der Waals surface area (Å²) in [6.07, 6.45) is 1.68. The van der Waals surface area contributed by atoms with Crippen LogP contribution in [-0.2, 0) is 0 Å². The molecule has 0 saturated heterocycles. The van der Waals surface area contributed by atoms with Gasteiger partial charge in [0.25, 0.3) is 0 Å². The molecule has 1 aromatic heterocycles. The summed E-state index contributed by atoms with van der Waals surface area (Å²) in [6, 6.07) is 5.40. The van der Waals surface area contributed by atoms with Crippen LogP contribution in [0.4, 0.5) is 0 Å². The first-order chi connectivity index (χ1) is 10.1. The first-order valence-corrected chi connectivity index (χ1v) is 6.96. The Bertz CT molecular complexity index is 704. The summed E-state index contributed by atoms with van der Waals surface area (Å²) in [5, 5.41) is 21.7. The Balaban J connectivity index is 2.50. The van der Waals surface area contributed by atoms with E-state index in [2.05, 4.69) is 11.1 Å². The normalized spacial score (nSPS) is 11.0. The van der Waals surface area contributed by atoms with Crippen molar-refractivity contribution in [2.45, 2.75) is 6.92 Å². The molecule has 108 valence electrons. The Morgan fingerprint density at radius 1 is 1.33 bits per heavy atom. The lowest BCUT2D eigenvalue weighted by Gasteiger charge is -2.09. The van der Waals surface area contributed by atoms with Gasteiger partial charge in [-0.15, -0.1) is 11.3 Å². The number of benzene rings is 1. The van der Waals surface area contributed by atoms with Gasteiger partial charge in [0.15, 0.2) is 11.5 Å². The van der Waals surface area contributed by atoms with E-state index < -0.39 is 0 Å². The molecule has 1 heterocycles. The van der Waals surface area contributed by atoms with Crippen LogP contribution in [0.15, 0.2) is 17.5 Å². The van der Waals surface area contributed by atoms with Gasteiger partial charge in [-0.3, -0.25) is 0 Å². The predicted molar refractivity (Wildman–Crippen MR) is 81.5 cm³/mol. The molecule has 0 atom stereocenters. The molecule has 1 N–H and O–H groups in total. The van der Waals surface area contributed by atoms with Crippen LogP contribution in [0.1, 0.15) is 16.3 Å². The first-order valence-electron chi connectivity index (χ1n) is 6.08. The molecule has 0 spiro atoms. The van der Waals surface area contributed by atoms with Crippen LogP contribution in [-0.4, -0.2) is 24.3 Å². The summed E-state index contributed by atoms with van der Waals surface area (Å²) in [6.45, 7) is 1.88.